The molecule has 2 N–H and O–H groups in total. The lowest BCUT2D eigenvalue weighted by Crippen LogP contribution is -2.51. The van der Waals surface area contributed by atoms with E-state index in [0.29, 0.717) is 0 Å². The highest BCUT2D eigenvalue weighted by Crippen LogP contribution is 2.41. The van der Waals surface area contributed by atoms with E-state index in [1.807, 2.05) is 0 Å². The van der Waals surface area contributed by atoms with Gasteiger partial charge in [-0.3, -0.25) is 14.5 Å². The highest BCUT2D eigenvalue weighted by atomic mass is 16.5. The lowest BCUT2D eigenvalue weighted by molar-refractivity contribution is -0.131. The molecule has 0 bridgehead atoms. The van der Waals surface area contributed by atoms with Gasteiger partial charge in [-0.05, 0) is 43.4 Å². The summed E-state index contributed by atoms with van der Waals surface area (Å²) < 4.78 is 5.35. The van der Waals surface area contributed by atoms with Crippen LogP contribution >= 0.6 is 0 Å². The van der Waals surface area contributed by atoms with Crippen molar-refractivity contribution in [2.45, 2.75) is 56.4 Å². The standard InChI is InChI=1S/C24H34N4O4/c1-32-20-7-5-18(6-8-20)24(11-3-2-4-12-24)17-27-13-9-19(10-14-27)26-21(29)16-28-22(30)15-25-23(28)31/h5-8,19H,2-4,9-17H2,1H3,(H,25,31)(H,26,29). The maximum absolute atomic E-state index is 12.3. The molecule has 2 heterocycles. The second-order valence-corrected chi connectivity index (χ2v) is 9.33. The largest absolute Gasteiger partial charge is 0.497 e. The van der Waals surface area contributed by atoms with Crippen molar-refractivity contribution < 1.29 is 19.1 Å². The Bertz CT molecular complexity index is 811. The molecule has 0 unspecified atom stereocenters. The van der Waals surface area contributed by atoms with Gasteiger partial charge in [-0.1, -0.05) is 31.4 Å². The molecule has 0 aromatic heterocycles. The van der Waals surface area contributed by atoms with Crippen molar-refractivity contribution in [1.82, 2.24) is 20.4 Å². The molecule has 0 spiro atoms. The summed E-state index contributed by atoms with van der Waals surface area (Å²) in [4.78, 5) is 39.2. The highest BCUT2D eigenvalue weighted by Gasteiger charge is 2.37. The molecule has 1 aliphatic carbocycles. The number of methoxy groups -OCH3 is 1. The Hall–Kier alpha value is -2.61. The maximum atomic E-state index is 12.3. The number of carbonyl (C=O) groups excluding carboxylic acids is 3. The fraction of sp³-hybridized carbons (Fsp3) is 0.625. The van der Waals surface area contributed by atoms with E-state index in [2.05, 4.69) is 39.8 Å². The first kappa shape index (κ1) is 22.6. The number of hydrogen-bond donors (Lipinski definition) is 2. The predicted molar refractivity (Wildman–Crippen MR) is 120 cm³/mol. The maximum Gasteiger partial charge on any atom is 0.325 e. The van der Waals surface area contributed by atoms with E-state index in [1.54, 1.807) is 7.11 Å². The number of rotatable bonds is 7. The minimum absolute atomic E-state index is 0.0273. The molecule has 0 radical (unpaired) electrons. The van der Waals surface area contributed by atoms with Crippen LogP contribution in [-0.4, -0.2) is 73.5 Å². The number of imide groups is 1. The minimum Gasteiger partial charge on any atom is -0.497 e. The SMILES string of the molecule is COc1ccc(C2(CN3CCC(NC(=O)CN4C(=O)CNC4=O)CC3)CCCCC2)cc1. The average Bonchev–Trinajstić information content (AvgIpc) is 3.13. The van der Waals surface area contributed by atoms with Crippen LogP contribution in [0.3, 0.4) is 0 Å². The summed E-state index contributed by atoms with van der Waals surface area (Å²) in [5, 5.41) is 5.45. The van der Waals surface area contributed by atoms with Crippen molar-refractivity contribution in [3.05, 3.63) is 29.8 Å². The summed E-state index contributed by atoms with van der Waals surface area (Å²) in [5.74, 6) is 0.275. The van der Waals surface area contributed by atoms with Gasteiger partial charge in [0.1, 0.15) is 12.3 Å². The van der Waals surface area contributed by atoms with E-state index in [1.165, 1.54) is 37.7 Å². The number of piperidine rings is 1. The van der Waals surface area contributed by atoms with E-state index in [4.69, 9.17) is 4.74 Å². The summed E-state index contributed by atoms with van der Waals surface area (Å²) in [6, 6.07) is 8.19. The summed E-state index contributed by atoms with van der Waals surface area (Å²) in [5.41, 5.74) is 1.59. The van der Waals surface area contributed by atoms with Crippen molar-refractivity contribution in [1.29, 1.82) is 0 Å². The van der Waals surface area contributed by atoms with E-state index >= 15 is 0 Å². The Morgan fingerprint density at radius 2 is 1.81 bits per heavy atom. The number of likely N-dealkylation sites (tertiary alicyclic amines) is 1. The molecule has 4 amide bonds. The number of amides is 4. The first-order valence-corrected chi connectivity index (χ1v) is 11.7. The van der Waals surface area contributed by atoms with Crippen molar-refractivity contribution in [2.75, 3.05) is 39.8 Å². The molecule has 8 nitrogen and oxygen atoms in total. The normalized spacial score (nSPS) is 22.0. The Balaban J connectivity index is 1.31. The quantitative estimate of drug-likeness (QED) is 0.631. The summed E-state index contributed by atoms with van der Waals surface area (Å²) in [7, 11) is 1.70. The molecule has 2 aliphatic heterocycles. The van der Waals surface area contributed by atoms with Gasteiger partial charge in [-0.25, -0.2) is 4.79 Å². The summed E-state index contributed by atoms with van der Waals surface area (Å²) >= 11 is 0. The zero-order chi connectivity index (χ0) is 22.6. The molecule has 8 heteroatoms. The molecule has 3 fully saturated rings. The van der Waals surface area contributed by atoms with Gasteiger partial charge in [0, 0.05) is 31.1 Å². The molecule has 1 aromatic carbocycles. The molecule has 1 aromatic rings. The molecule has 2 saturated heterocycles. The number of urea groups is 1. The van der Waals surface area contributed by atoms with Crippen molar-refractivity contribution in [2.24, 2.45) is 0 Å². The molecule has 1 saturated carbocycles. The number of hydrogen-bond acceptors (Lipinski definition) is 5. The molecule has 32 heavy (non-hydrogen) atoms. The van der Waals surface area contributed by atoms with Crippen molar-refractivity contribution in [3.8, 4) is 5.75 Å². The van der Waals surface area contributed by atoms with Gasteiger partial charge < -0.3 is 20.3 Å². The van der Waals surface area contributed by atoms with E-state index in [9.17, 15) is 14.4 Å². The van der Waals surface area contributed by atoms with Crippen LogP contribution in [0.5, 0.6) is 5.75 Å². The van der Waals surface area contributed by atoms with E-state index in [0.717, 1.165) is 43.1 Å². The molecular weight excluding hydrogens is 408 g/mol. The number of nitrogens with one attached hydrogen (secondary N) is 2. The predicted octanol–water partition coefficient (Wildman–Crippen LogP) is 2.03. The van der Waals surface area contributed by atoms with Gasteiger partial charge in [-0.2, -0.15) is 0 Å². The van der Waals surface area contributed by atoms with Crippen LogP contribution in [0, 0.1) is 0 Å². The van der Waals surface area contributed by atoms with Gasteiger partial charge in [0.15, 0.2) is 0 Å². The summed E-state index contributed by atoms with van der Waals surface area (Å²) in [6.07, 6.45) is 8.02. The topological polar surface area (TPSA) is 91.0 Å². The van der Waals surface area contributed by atoms with Crippen LogP contribution in [-0.2, 0) is 15.0 Å². The third-order valence-corrected chi connectivity index (χ3v) is 7.23. The lowest BCUT2D eigenvalue weighted by atomic mass is 9.69. The molecule has 4 rings (SSSR count). The molecular formula is C24H34N4O4. The molecule has 3 aliphatic rings. The monoisotopic (exact) mass is 442 g/mol. The minimum atomic E-state index is -0.490. The Kier molecular flexibility index (Phi) is 6.98. The highest BCUT2D eigenvalue weighted by molar-refractivity contribution is 6.04. The van der Waals surface area contributed by atoms with Crippen LogP contribution < -0.4 is 15.4 Å². The fourth-order valence-electron chi connectivity index (χ4n) is 5.41. The number of carbonyl (C=O) groups is 3. The third-order valence-electron chi connectivity index (χ3n) is 7.23. The summed E-state index contributed by atoms with van der Waals surface area (Å²) in [6.45, 7) is 2.69. The van der Waals surface area contributed by atoms with Crippen LogP contribution in [0.1, 0.15) is 50.5 Å². The van der Waals surface area contributed by atoms with Crippen LogP contribution in [0.15, 0.2) is 24.3 Å². The van der Waals surface area contributed by atoms with Crippen LogP contribution in [0.4, 0.5) is 4.79 Å². The van der Waals surface area contributed by atoms with Crippen LogP contribution in [0.2, 0.25) is 0 Å². The molecule has 0 atom stereocenters. The van der Waals surface area contributed by atoms with Crippen molar-refractivity contribution >= 4 is 17.8 Å². The average molecular weight is 443 g/mol. The molecule has 174 valence electrons. The van der Waals surface area contributed by atoms with E-state index in [-0.39, 0.29) is 36.4 Å². The first-order valence-electron chi connectivity index (χ1n) is 11.7. The smallest absolute Gasteiger partial charge is 0.325 e. The van der Waals surface area contributed by atoms with E-state index < -0.39 is 6.03 Å². The third kappa shape index (κ3) is 5.06. The van der Waals surface area contributed by atoms with Gasteiger partial charge in [-0.15, -0.1) is 0 Å². The number of nitrogens with zero attached hydrogens (tertiary/aromatic N) is 2. The van der Waals surface area contributed by atoms with Crippen LogP contribution in [0.25, 0.3) is 0 Å². The van der Waals surface area contributed by atoms with Gasteiger partial charge in [0.05, 0.1) is 13.7 Å². The number of ether oxygens (including phenoxy) is 1. The Morgan fingerprint density at radius 3 is 2.41 bits per heavy atom. The van der Waals surface area contributed by atoms with Gasteiger partial charge in [0.2, 0.25) is 5.91 Å². The second-order valence-electron chi connectivity index (χ2n) is 9.33. The van der Waals surface area contributed by atoms with Crippen molar-refractivity contribution in [3.63, 3.8) is 0 Å². The fourth-order valence-corrected chi connectivity index (χ4v) is 5.41. The Labute approximate surface area is 189 Å². The van der Waals surface area contributed by atoms with Gasteiger partial charge >= 0.3 is 6.03 Å². The second kappa shape index (κ2) is 9.90. The zero-order valence-electron chi connectivity index (χ0n) is 18.9. The first-order chi connectivity index (χ1) is 15.5. The van der Waals surface area contributed by atoms with Gasteiger partial charge in [0.25, 0.3) is 5.91 Å². The lowest BCUT2D eigenvalue weighted by Gasteiger charge is -2.44. The Morgan fingerprint density at radius 1 is 1.12 bits per heavy atom. The zero-order valence-corrected chi connectivity index (χ0v) is 18.9. The number of benzene rings is 1.